The first-order valence-electron chi connectivity index (χ1n) is 9.79. The van der Waals surface area contributed by atoms with Gasteiger partial charge in [0.1, 0.15) is 18.0 Å². The molecule has 2 aromatic carbocycles. The molecule has 2 aromatic rings. The molecule has 7 nitrogen and oxygen atoms in total. The number of hydrogen-bond donors (Lipinski definition) is 1. The molecular formula is C22H29ClN2O5S. The molecule has 0 radical (unpaired) electrons. The van der Waals surface area contributed by atoms with Gasteiger partial charge in [0, 0.05) is 5.02 Å². The van der Waals surface area contributed by atoms with Gasteiger partial charge in [0.05, 0.1) is 32.2 Å². The Hall–Kier alpha value is -2.45. The number of benzene rings is 2. The summed E-state index contributed by atoms with van der Waals surface area (Å²) in [5.74, 6) is 0.895. The molecular weight excluding hydrogens is 440 g/mol. The number of carbonyl (C=O) groups is 1. The quantitative estimate of drug-likeness (QED) is 0.569. The fourth-order valence-electron chi connectivity index (χ4n) is 3.20. The van der Waals surface area contributed by atoms with E-state index < -0.39 is 22.5 Å². The van der Waals surface area contributed by atoms with Crippen LogP contribution in [0.3, 0.4) is 0 Å². The highest BCUT2D eigenvalue weighted by Crippen LogP contribution is 2.33. The molecule has 0 spiro atoms. The van der Waals surface area contributed by atoms with Gasteiger partial charge in [0.15, 0.2) is 0 Å². The van der Waals surface area contributed by atoms with E-state index in [1.807, 2.05) is 24.3 Å². The molecule has 1 unspecified atom stereocenters. The van der Waals surface area contributed by atoms with Crippen LogP contribution in [0.5, 0.6) is 11.5 Å². The summed E-state index contributed by atoms with van der Waals surface area (Å²) in [5, 5.41) is 3.30. The van der Waals surface area contributed by atoms with Crippen molar-refractivity contribution in [1.29, 1.82) is 0 Å². The van der Waals surface area contributed by atoms with Crippen LogP contribution in [0.4, 0.5) is 5.69 Å². The molecule has 1 atom stereocenters. The Bertz CT molecular complexity index is 993. The Labute approximate surface area is 189 Å². The highest BCUT2D eigenvalue weighted by Gasteiger charge is 2.26. The van der Waals surface area contributed by atoms with Crippen LogP contribution in [0, 0.1) is 5.92 Å². The number of rotatable bonds is 10. The van der Waals surface area contributed by atoms with Crippen molar-refractivity contribution < 1.29 is 22.7 Å². The number of nitrogens with one attached hydrogen (secondary N) is 1. The Morgan fingerprint density at radius 1 is 1.10 bits per heavy atom. The van der Waals surface area contributed by atoms with Crippen molar-refractivity contribution in [3.05, 3.63) is 53.1 Å². The molecule has 2 rings (SSSR count). The summed E-state index contributed by atoms with van der Waals surface area (Å²) in [6, 6.07) is 11.8. The molecule has 170 valence electrons. The van der Waals surface area contributed by atoms with Crippen LogP contribution in [-0.4, -0.2) is 41.3 Å². The van der Waals surface area contributed by atoms with Crippen molar-refractivity contribution in [2.24, 2.45) is 5.92 Å². The number of anilines is 1. The molecule has 0 saturated heterocycles. The number of nitrogens with zero attached hydrogens (tertiary/aromatic N) is 1. The number of ether oxygens (including phenoxy) is 2. The fraction of sp³-hybridized carbons (Fsp3) is 0.409. The lowest BCUT2D eigenvalue weighted by Gasteiger charge is -2.26. The number of carbonyl (C=O) groups excluding carboxylic acids is 1. The third-order valence-electron chi connectivity index (χ3n) is 4.66. The topological polar surface area (TPSA) is 84.9 Å². The van der Waals surface area contributed by atoms with E-state index in [0.29, 0.717) is 23.1 Å². The van der Waals surface area contributed by atoms with Gasteiger partial charge in [-0.2, -0.15) is 0 Å². The first kappa shape index (κ1) is 24.8. The van der Waals surface area contributed by atoms with Gasteiger partial charge in [0.25, 0.3) is 0 Å². The average molecular weight is 469 g/mol. The number of methoxy groups -OCH3 is 2. The highest BCUT2D eigenvalue weighted by atomic mass is 35.5. The fourth-order valence-corrected chi connectivity index (χ4v) is 4.21. The van der Waals surface area contributed by atoms with Gasteiger partial charge in [-0.1, -0.05) is 37.6 Å². The minimum atomic E-state index is -3.78. The lowest BCUT2D eigenvalue weighted by molar-refractivity contribution is -0.120. The standard InChI is InChI=1S/C22H29ClN2O5S/c1-15(2)12-19(16-6-9-18(29-3)10-7-16)24-22(26)14-25(31(5,27)28)20-13-17(23)8-11-21(20)30-4/h6-11,13,15,19H,12,14H2,1-5H3,(H,24,26). The molecule has 0 saturated carbocycles. The molecule has 0 bridgehead atoms. The summed E-state index contributed by atoms with van der Waals surface area (Å²) >= 11 is 6.06. The van der Waals surface area contributed by atoms with Gasteiger partial charge in [-0.05, 0) is 48.2 Å². The molecule has 9 heteroatoms. The minimum absolute atomic E-state index is 0.206. The third kappa shape index (κ3) is 7.04. The second kappa shape index (κ2) is 10.7. The Morgan fingerprint density at radius 2 is 1.74 bits per heavy atom. The van der Waals surface area contributed by atoms with Crippen molar-refractivity contribution >= 4 is 33.2 Å². The second-order valence-corrected chi connectivity index (χ2v) is 9.95. The Kier molecular flexibility index (Phi) is 8.59. The van der Waals surface area contributed by atoms with Gasteiger partial charge in [-0.3, -0.25) is 9.10 Å². The normalized spacial score (nSPS) is 12.4. The van der Waals surface area contributed by atoms with E-state index >= 15 is 0 Å². The van der Waals surface area contributed by atoms with Gasteiger partial charge >= 0.3 is 0 Å². The highest BCUT2D eigenvalue weighted by molar-refractivity contribution is 7.92. The number of amides is 1. The van der Waals surface area contributed by atoms with Crippen molar-refractivity contribution in [2.75, 3.05) is 31.3 Å². The van der Waals surface area contributed by atoms with E-state index in [0.717, 1.165) is 21.9 Å². The van der Waals surface area contributed by atoms with Crippen molar-refractivity contribution in [2.45, 2.75) is 26.3 Å². The van der Waals surface area contributed by atoms with E-state index in [1.165, 1.54) is 13.2 Å². The van der Waals surface area contributed by atoms with E-state index in [1.54, 1.807) is 19.2 Å². The van der Waals surface area contributed by atoms with Crippen LogP contribution in [-0.2, 0) is 14.8 Å². The van der Waals surface area contributed by atoms with E-state index in [4.69, 9.17) is 21.1 Å². The van der Waals surface area contributed by atoms with Crippen molar-refractivity contribution in [3.8, 4) is 11.5 Å². The minimum Gasteiger partial charge on any atom is -0.497 e. The Balaban J connectivity index is 2.30. The lowest BCUT2D eigenvalue weighted by atomic mass is 9.97. The van der Waals surface area contributed by atoms with Crippen LogP contribution in [0.1, 0.15) is 31.9 Å². The van der Waals surface area contributed by atoms with E-state index in [2.05, 4.69) is 19.2 Å². The maximum atomic E-state index is 12.9. The SMILES string of the molecule is COc1ccc(C(CC(C)C)NC(=O)CN(c2cc(Cl)ccc2OC)S(C)(=O)=O)cc1. The lowest BCUT2D eigenvalue weighted by Crippen LogP contribution is -2.42. The summed E-state index contributed by atoms with van der Waals surface area (Å²) < 4.78 is 36.4. The summed E-state index contributed by atoms with van der Waals surface area (Å²) in [6.45, 7) is 3.71. The monoisotopic (exact) mass is 468 g/mol. The largest absolute Gasteiger partial charge is 0.497 e. The zero-order valence-corrected chi connectivity index (χ0v) is 20.0. The molecule has 0 aliphatic heterocycles. The zero-order valence-electron chi connectivity index (χ0n) is 18.4. The molecule has 1 N–H and O–H groups in total. The molecule has 0 heterocycles. The maximum absolute atomic E-state index is 12.9. The summed E-state index contributed by atoms with van der Waals surface area (Å²) in [5.41, 5.74) is 1.12. The summed E-state index contributed by atoms with van der Waals surface area (Å²) in [6.07, 6.45) is 1.73. The molecule has 31 heavy (non-hydrogen) atoms. The van der Waals surface area contributed by atoms with Crippen LogP contribution in [0.2, 0.25) is 5.02 Å². The maximum Gasteiger partial charge on any atom is 0.241 e. The van der Waals surface area contributed by atoms with Gasteiger partial charge in [0.2, 0.25) is 15.9 Å². The summed E-state index contributed by atoms with van der Waals surface area (Å²) in [7, 11) is -0.762. The number of hydrogen-bond acceptors (Lipinski definition) is 5. The molecule has 0 aliphatic carbocycles. The van der Waals surface area contributed by atoms with Crippen LogP contribution >= 0.6 is 11.6 Å². The van der Waals surface area contributed by atoms with E-state index in [-0.39, 0.29) is 11.7 Å². The van der Waals surface area contributed by atoms with Gasteiger partial charge < -0.3 is 14.8 Å². The van der Waals surface area contributed by atoms with E-state index in [9.17, 15) is 13.2 Å². The van der Waals surface area contributed by atoms with Crippen molar-refractivity contribution in [1.82, 2.24) is 5.32 Å². The van der Waals surface area contributed by atoms with Crippen LogP contribution in [0.15, 0.2) is 42.5 Å². The predicted octanol–water partition coefficient (Wildman–Crippen LogP) is 4.03. The zero-order chi connectivity index (χ0) is 23.2. The average Bonchev–Trinajstić information content (AvgIpc) is 2.70. The molecule has 1 amide bonds. The Morgan fingerprint density at radius 3 is 2.26 bits per heavy atom. The van der Waals surface area contributed by atoms with Gasteiger partial charge in [-0.25, -0.2) is 8.42 Å². The number of sulfonamides is 1. The van der Waals surface area contributed by atoms with Crippen molar-refractivity contribution in [3.63, 3.8) is 0 Å². The first-order valence-corrected chi connectivity index (χ1v) is 12.0. The summed E-state index contributed by atoms with van der Waals surface area (Å²) in [4.78, 5) is 12.9. The first-order chi connectivity index (χ1) is 14.5. The molecule has 0 aromatic heterocycles. The molecule has 0 fully saturated rings. The predicted molar refractivity (Wildman–Crippen MR) is 124 cm³/mol. The third-order valence-corrected chi connectivity index (χ3v) is 6.02. The van der Waals surface area contributed by atoms with Crippen LogP contribution in [0.25, 0.3) is 0 Å². The van der Waals surface area contributed by atoms with Crippen LogP contribution < -0.4 is 19.1 Å². The molecule has 0 aliphatic rings. The smallest absolute Gasteiger partial charge is 0.241 e. The van der Waals surface area contributed by atoms with Gasteiger partial charge in [-0.15, -0.1) is 0 Å². The number of halogens is 1. The second-order valence-electron chi connectivity index (χ2n) is 7.61.